The number of unbranched alkanes of at least 4 members (excludes halogenated alkanes) is 1. The van der Waals surface area contributed by atoms with E-state index in [1.807, 2.05) is 6.92 Å². The summed E-state index contributed by atoms with van der Waals surface area (Å²) in [6, 6.07) is 11.8. The molecule has 0 aliphatic rings. The van der Waals surface area contributed by atoms with Gasteiger partial charge in [-0.1, -0.05) is 35.7 Å². The van der Waals surface area contributed by atoms with Gasteiger partial charge in [0.2, 0.25) is 0 Å². The molecule has 6 heteroatoms. The van der Waals surface area contributed by atoms with Gasteiger partial charge in [0, 0.05) is 21.1 Å². The zero-order valence-corrected chi connectivity index (χ0v) is 17.4. The van der Waals surface area contributed by atoms with Crippen LogP contribution in [0.4, 0.5) is 0 Å². The average molecular weight is 444 g/mol. The summed E-state index contributed by atoms with van der Waals surface area (Å²) in [7, 11) is 0. The van der Waals surface area contributed by atoms with E-state index in [0.29, 0.717) is 34.1 Å². The number of phenolic OH excluding ortho intramolecular Hbond substituents is 1. The number of carboxylic acid groups (broad SMARTS) is 1. The van der Waals surface area contributed by atoms with Crippen LogP contribution in [0.2, 0.25) is 0 Å². The van der Waals surface area contributed by atoms with E-state index in [1.54, 1.807) is 47.9 Å². The minimum atomic E-state index is -0.921. The first-order valence-corrected chi connectivity index (χ1v) is 10.0. The van der Waals surface area contributed by atoms with Gasteiger partial charge in [-0.2, -0.15) is 0 Å². The highest BCUT2D eigenvalue weighted by Gasteiger charge is 2.29. The number of hydrogen-bond donors (Lipinski definition) is 2. The normalized spacial score (nSPS) is 12.2. The van der Waals surface area contributed by atoms with E-state index in [-0.39, 0.29) is 11.7 Å². The Bertz CT molecular complexity index is 1040. The van der Waals surface area contributed by atoms with E-state index in [0.717, 1.165) is 17.3 Å². The summed E-state index contributed by atoms with van der Waals surface area (Å²) < 4.78 is 2.42. The molecule has 1 aromatic heterocycles. The first-order valence-electron chi connectivity index (χ1n) is 9.22. The molecule has 1 heterocycles. The minimum Gasteiger partial charge on any atom is -0.508 e. The molecule has 1 atom stereocenters. The molecular formula is C22H22BrNO4. The fourth-order valence-corrected chi connectivity index (χ4v) is 3.92. The Morgan fingerprint density at radius 3 is 2.43 bits per heavy atom. The van der Waals surface area contributed by atoms with E-state index in [2.05, 4.69) is 15.9 Å². The molecule has 0 fully saturated rings. The highest BCUT2D eigenvalue weighted by molar-refractivity contribution is 9.10. The van der Waals surface area contributed by atoms with Crippen molar-refractivity contribution >= 4 is 38.7 Å². The van der Waals surface area contributed by atoms with E-state index in [1.165, 1.54) is 6.07 Å². The van der Waals surface area contributed by atoms with E-state index < -0.39 is 11.9 Å². The van der Waals surface area contributed by atoms with E-state index in [4.69, 9.17) is 0 Å². The topological polar surface area (TPSA) is 79.5 Å². The van der Waals surface area contributed by atoms with Crippen LogP contribution in [0.1, 0.15) is 53.7 Å². The number of nitrogens with zero attached hydrogens (tertiary/aromatic N) is 1. The van der Waals surface area contributed by atoms with Crippen LogP contribution < -0.4 is 0 Å². The van der Waals surface area contributed by atoms with Gasteiger partial charge in [0.25, 0.3) is 5.91 Å². The van der Waals surface area contributed by atoms with Crippen LogP contribution in [0, 0.1) is 6.92 Å². The molecule has 0 saturated heterocycles. The second-order valence-corrected chi connectivity index (χ2v) is 7.80. The molecular weight excluding hydrogens is 422 g/mol. The second-order valence-electron chi connectivity index (χ2n) is 6.88. The Morgan fingerprint density at radius 1 is 1.14 bits per heavy atom. The first kappa shape index (κ1) is 20.1. The fourth-order valence-electron chi connectivity index (χ4n) is 3.65. The number of fused-ring (bicyclic) bond motifs is 1. The van der Waals surface area contributed by atoms with Crippen LogP contribution >= 0.6 is 15.9 Å². The van der Waals surface area contributed by atoms with Gasteiger partial charge in [-0.3, -0.25) is 14.2 Å². The number of rotatable bonds is 6. The molecule has 3 rings (SSSR count). The van der Waals surface area contributed by atoms with Gasteiger partial charge >= 0.3 is 5.97 Å². The number of carbonyl (C=O) groups excluding carboxylic acids is 1. The number of aromatic nitrogens is 1. The summed E-state index contributed by atoms with van der Waals surface area (Å²) in [5.74, 6) is -1.84. The molecule has 0 saturated carbocycles. The minimum absolute atomic E-state index is 0.0432. The molecule has 0 radical (unpaired) electrons. The number of benzene rings is 2. The number of aromatic hydroxyl groups is 1. The van der Waals surface area contributed by atoms with Gasteiger partial charge in [-0.25, -0.2) is 0 Å². The van der Waals surface area contributed by atoms with Gasteiger partial charge in [-0.15, -0.1) is 0 Å². The van der Waals surface area contributed by atoms with Crippen molar-refractivity contribution < 1.29 is 19.8 Å². The van der Waals surface area contributed by atoms with Crippen molar-refractivity contribution in [3.63, 3.8) is 0 Å². The zero-order valence-electron chi connectivity index (χ0n) is 15.8. The molecule has 1 unspecified atom stereocenters. The summed E-state index contributed by atoms with van der Waals surface area (Å²) in [6.45, 7) is 3.78. The number of carboxylic acids is 1. The molecule has 146 valence electrons. The molecule has 3 aromatic rings. The summed E-state index contributed by atoms with van der Waals surface area (Å²) in [6.07, 6.45) is 2.13. The van der Waals surface area contributed by atoms with Gasteiger partial charge < -0.3 is 10.2 Å². The fraction of sp³-hybridized carbons (Fsp3) is 0.273. The second kappa shape index (κ2) is 8.19. The highest BCUT2D eigenvalue weighted by atomic mass is 79.9. The van der Waals surface area contributed by atoms with Crippen LogP contribution in [0.15, 0.2) is 46.9 Å². The molecule has 0 bridgehead atoms. The third-order valence-corrected chi connectivity index (χ3v) is 5.55. The largest absolute Gasteiger partial charge is 0.508 e. The molecule has 0 aliphatic carbocycles. The van der Waals surface area contributed by atoms with Crippen molar-refractivity contribution in [2.75, 3.05) is 0 Å². The maximum atomic E-state index is 13.2. The SMILES string of the molecule is CCCCC(C(=O)O)c1c(C)n(C(=O)c2ccc(Br)cc2)c2ccc(O)cc12. The molecule has 28 heavy (non-hydrogen) atoms. The molecule has 5 nitrogen and oxygen atoms in total. The summed E-state index contributed by atoms with van der Waals surface area (Å²) in [5, 5.41) is 20.4. The van der Waals surface area contributed by atoms with Crippen LogP contribution in [0.5, 0.6) is 5.75 Å². The lowest BCUT2D eigenvalue weighted by Gasteiger charge is -2.13. The van der Waals surface area contributed by atoms with Crippen molar-refractivity contribution in [1.29, 1.82) is 0 Å². The van der Waals surface area contributed by atoms with Gasteiger partial charge in [0.1, 0.15) is 5.75 Å². The Labute approximate surface area is 171 Å². The number of carbonyl (C=O) groups is 2. The lowest BCUT2D eigenvalue weighted by Crippen LogP contribution is -2.16. The average Bonchev–Trinajstić information content (AvgIpc) is 2.93. The van der Waals surface area contributed by atoms with Crippen LogP contribution in [-0.2, 0) is 4.79 Å². The number of aliphatic carboxylic acids is 1. The van der Waals surface area contributed by atoms with Crippen molar-refractivity contribution in [3.05, 3.63) is 63.8 Å². The maximum Gasteiger partial charge on any atom is 0.311 e. The maximum absolute atomic E-state index is 13.2. The lowest BCUT2D eigenvalue weighted by atomic mass is 9.91. The predicted molar refractivity (Wildman–Crippen MR) is 112 cm³/mol. The standard InChI is InChI=1S/C22H22BrNO4/c1-3-4-5-17(22(27)28)20-13(2)24(19-11-10-16(25)12-18(19)20)21(26)14-6-8-15(23)9-7-14/h6-12,17,25H,3-5H2,1-2H3,(H,27,28). The Morgan fingerprint density at radius 2 is 1.82 bits per heavy atom. The predicted octanol–water partition coefficient (Wildman–Crippen LogP) is 5.46. The summed E-state index contributed by atoms with van der Waals surface area (Å²) >= 11 is 3.37. The summed E-state index contributed by atoms with van der Waals surface area (Å²) in [4.78, 5) is 25.2. The molecule has 0 aliphatic heterocycles. The van der Waals surface area contributed by atoms with Crippen LogP contribution in [0.3, 0.4) is 0 Å². The van der Waals surface area contributed by atoms with Gasteiger partial charge in [-0.05, 0) is 61.4 Å². The molecule has 0 amide bonds. The number of halogens is 1. The zero-order chi connectivity index (χ0) is 20.4. The van der Waals surface area contributed by atoms with E-state index in [9.17, 15) is 19.8 Å². The Balaban J connectivity index is 2.24. The Hall–Kier alpha value is -2.60. The van der Waals surface area contributed by atoms with Crippen molar-refractivity contribution in [2.24, 2.45) is 0 Å². The number of phenols is 1. The summed E-state index contributed by atoms with van der Waals surface area (Å²) in [5.41, 5.74) is 2.29. The molecule has 2 N–H and O–H groups in total. The van der Waals surface area contributed by atoms with E-state index >= 15 is 0 Å². The number of hydrogen-bond acceptors (Lipinski definition) is 3. The smallest absolute Gasteiger partial charge is 0.311 e. The first-order chi connectivity index (χ1) is 13.3. The van der Waals surface area contributed by atoms with Crippen molar-refractivity contribution in [3.8, 4) is 5.75 Å². The van der Waals surface area contributed by atoms with Gasteiger partial charge in [0.15, 0.2) is 0 Å². The quantitative estimate of drug-likeness (QED) is 0.529. The molecule has 2 aromatic carbocycles. The lowest BCUT2D eigenvalue weighted by molar-refractivity contribution is -0.139. The van der Waals surface area contributed by atoms with Crippen molar-refractivity contribution in [2.45, 2.75) is 39.0 Å². The molecule has 0 spiro atoms. The third-order valence-electron chi connectivity index (χ3n) is 5.02. The highest BCUT2D eigenvalue weighted by Crippen LogP contribution is 2.37. The van der Waals surface area contributed by atoms with Crippen LogP contribution in [-0.4, -0.2) is 26.7 Å². The van der Waals surface area contributed by atoms with Crippen LogP contribution in [0.25, 0.3) is 10.9 Å². The van der Waals surface area contributed by atoms with Gasteiger partial charge in [0.05, 0.1) is 11.4 Å². The third kappa shape index (κ3) is 3.69. The van der Waals surface area contributed by atoms with Crippen molar-refractivity contribution in [1.82, 2.24) is 4.57 Å². The monoisotopic (exact) mass is 443 g/mol. The Kier molecular flexibility index (Phi) is 5.89.